The molecule has 4 heterocycles. The summed E-state index contributed by atoms with van der Waals surface area (Å²) in [6, 6.07) is 15.6. The molecule has 2 aromatic carbocycles. The number of carboxylic acids is 1. The van der Waals surface area contributed by atoms with Crippen molar-refractivity contribution in [1.29, 1.82) is 0 Å². The summed E-state index contributed by atoms with van der Waals surface area (Å²) in [6.45, 7) is 4.00. The van der Waals surface area contributed by atoms with E-state index in [-0.39, 0.29) is 6.42 Å². The topological polar surface area (TPSA) is 80.9 Å². The number of hydrogen-bond donors (Lipinski definition) is 1. The van der Waals surface area contributed by atoms with Crippen LogP contribution in [0.2, 0.25) is 5.02 Å². The Morgan fingerprint density at radius 3 is 2.55 bits per heavy atom. The summed E-state index contributed by atoms with van der Waals surface area (Å²) in [5.41, 5.74) is 9.38. The van der Waals surface area contributed by atoms with Crippen LogP contribution in [0, 0.1) is 13.8 Å². The van der Waals surface area contributed by atoms with Gasteiger partial charge < -0.3 is 9.67 Å². The number of nitrogens with zero attached hydrogens (tertiary/aromatic N) is 4. The molecule has 2 aliphatic rings. The molecule has 1 N–H and O–H groups in total. The average molecular weight is 539 g/mol. The Labute approximate surface area is 228 Å². The zero-order valence-electron chi connectivity index (χ0n) is 21.0. The van der Waals surface area contributed by atoms with Crippen molar-refractivity contribution in [1.82, 2.24) is 19.5 Å². The Balaban J connectivity index is 1.51. The first-order valence-corrected chi connectivity index (χ1v) is 13.3. The molecule has 0 aliphatic carbocycles. The van der Waals surface area contributed by atoms with Gasteiger partial charge in [-0.05, 0) is 72.5 Å². The number of aryl methyl sites for hydroxylation is 3. The Morgan fingerprint density at radius 2 is 1.79 bits per heavy atom. The van der Waals surface area contributed by atoms with Crippen molar-refractivity contribution in [3.8, 4) is 44.3 Å². The average Bonchev–Trinajstić information content (AvgIpc) is 3.49. The van der Waals surface area contributed by atoms with E-state index < -0.39 is 5.97 Å². The van der Waals surface area contributed by atoms with Gasteiger partial charge in [0.15, 0.2) is 0 Å². The normalized spacial score (nSPS) is 11.5. The van der Waals surface area contributed by atoms with Crippen LogP contribution in [-0.4, -0.2) is 30.6 Å². The second kappa shape index (κ2) is 9.35. The van der Waals surface area contributed by atoms with Gasteiger partial charge in [0.2, 0.25) is 0 Å². The lowest BCUT2D eigenvalue weighted by atomic mass is 9.93. The van der Waals surface area contributed by atoms with Gasteiger partial charge in [-0.3, -0.25) is 9.78 Å². The van der Waals surface area contributed by atoms with E-state index in [0.29, 0.717) is 5.02 Å². The maximum atomic E-state index is 11.8. The van der Waals surface area contributed by atoms with E-state index in [1.807, 2.05) is 67.3 Å². The maximum Gasteiger partial charge on any atom is 0.307 e. The second-order valence-corrected chi connectivity index (χ2v) is 10.9. The smallest absolute Gasteiger partial charge is 0.307 e. The standard InChI is InChI=1S/C30H23ClN4O2S/c1-16-10-25-28(27(22(16)13-26(36)37)18-4-6-21(31)7-5-18)38-30(34-25)19-8-9-32-24(12-19)20-11-23-17(2)14-33-29(23)35(3)15-20/h4-12,14-15H,13H2,1-3H3,(H,36,37). The molecule has 0 spiro atoms. The molecule has 188 valence electrons. The quantitative estimate of drug-likeness (QED) is 0.247. The first-order valence-electron chi connectivity index (χ1n) is 12.1. The molecule has 0 amide bonds. The number of aliphatic carboxylic acids is 1. The van der Waals surface area contributed by atoms with Crippen LogP contribution in [0.4, 0.5) is 0 Å². The third-order valence-electron chi connectivity index (χ3n) is 6.79. The molecule has 0 bridgehead atoms. The molecule has 0 unspecified atom stereocenters. The summed E-state index contributed by atoms with van der Waals surface area (Å²) in [5, 5.41) is 11.1. The van der Waals surface area contributed by atoms with Crippen molar-refractivity contribution in [2.24, 2.45) is 7.05 Å². The van der Waals surface area contributed by atoms with Crippen molar-refractivity contribution >= 4 is 39.1 Å². The number of halogens is 1. The molecule has 6 nitrogen and oxygen atoms in total. The van der Waals surface area contributed by atoms with Crippen LogP contribution in [0.5, 0.6) is 0 Å². The number of thiazole rings is 1. The fourth-order valence-electron chi connectivity index (χ4n) is 4.92. The van der Waals surface area contributed by atoms with Gasteiger partial charge in [0, 0.05) is 52.9 Å². The highest BCUT2D eigenvalue weighted by Crippen LogP contribution is 2.41. The van der Waals surface area contributed by atoms with Gasteiger partial charge >= 0.3 is 5.97 Å². The second-order valence-electron chi connectivity index (χ2n) is 9.44. The zero-order valence-corrected chi connectivity index (χ0v) is 22.6. The number of carbonyl (C=O) groups is 1. The van der Waals surface area contributed by atoms with Gasteiger partial charge in [-0.15, -0.1) is 11.3 Å². The summed E-state index contributed by atoms with van der Waals surface area (Å²) in [7, 11) is 1.99. The molecule has 4 aromatic rings. The van der Waals surface area contributed by atoms with Crippen LogP contribution in [-0.2, 0) is 18.3 Å². The van der Waals surface area contributed by atoms with Crippen molar-refractivity contribution < 1.29 is 9.90 Å². The molecule has 6 rings (SSSR count). The van der Waals surface area contributed by atoms with E-state index in [0.717, 1.165) is 71.3 Å². The molecular weight excluding hydrogens is 516 g/mol. The SMILES string of the molecule is Cc1cnc2n(C)cc(-c3cc(-c4nc5cc(C)c(CC(=O)O)c(-c6ccc(Cl)cc6)c5s4)ccn3)cc1-2. The largest absolute Gasteiger partial charge is 0.481 e. The minimum Gasteiger partial charge on any atom is -0.481 e. The predicted molar refractivity (Wildman–Crippen MR) is 153 cm³/mol. The van der Waals surface area contributed by atoms with E-state index in [2.05, 4.69) is 29.0 Å². The lowest BCUT2D eigenvalue weighted by Crippen LogP contribution is -2.04. The van der Waals surface area contributed by atoms with E-state index >= 15 is 0 Å². The minimum absolute atomic E-state index is 0.0676. The van der Waals surface area contributed by atoms with Gasteiger partial charge in [-0.25, -0.2) is 9.97 Å². The van der Waals surface area contributed by atoms with Gasteiger partial charge in [0.1, 0.15) is 10.8 Å². The Hall–Kier alpha value is -4.07. The van der Waals surface area contributed by atoms with Crippen molar-refractivity contribution in [3.63, 3.8) is 0 Å². The highest BCUT2D eigenvalue weighted by atomic mass is 35.5. The molecule has 38 heavy (non-hydrogen) atoms. The van der Waals surface area contributed by atoms with E-state index in [9.17, 15) is 9.90 Å². The molecule has 0 fully saturated rings. The summed E-state index contributed by atoms with van der Waals surface area (Å²) >= 11 is 7.71. The number of rotatable bonds is 5. The first-order chi connectivity index (χ1) is 18.3. The number of fused-ring (bicyclic) bond motifs is 2. The van der Waals surface area contributed by atoms with Crippen LogP contribution in [0.15, 0.2) is 67.1 Å². The highest BCUT2D eigenvalue weighted by molar-refractivity contribution is 7.22. The summed E-state index contributed by atoms with van der Waals surface area (Å²) in [6.07, 6.45) is 5.66. The number of aromatic nitrogens is 4. The van der Waals surface area contributed by atoms with Crippen molar-refractivity contribution in [2.75, 3.05) is 0 Å². The van der Waals surface area contributed by atoms with Crippen molar-refractivity contribution in [3.05, 3.63) is 88.8 Å². The van der Waals surface area contributed by atoms with Gasteiger partial charge in [0.25, 0.3) is 0 Å². The molecule has 8 heteroatoms. The van der Waals surface area contributed by atoms with E-state index in [1.54, 1.807) is 17.5 Å². The van der Waals surface area contributed by atoms with Crippen LogP contribution in [0.25, 0.3) is 54.6 Å². The molecule has 2 aromatic heterocycles. The lowest BCUT2D eigenvalue weighted by Gasteiger charge is -2.13. The Bertz CT molecular complexity index is 1820. The molecule has 0 saturated carbocycles. The molecule has 0 saturated heterocycles. The van der Waals surface area contributed by atoms with Crippen molar-refractivity contribution in [2.45, 2.75) is 20.3 Å². The third-order valence-corrected chi connectivity index (χ3v) is 8.18. The fourth-order valence-corrected chi connectivity index (χ4v) is 6.18. The lowest BCUT2D eigenvalue weighted by molar-refractivity contribution is -0.136. The van der Waals surface area contributed by atoms with Crippen LogP contribution < -0.4 is 0 Å². The van der Waals surface area contributed by atoms with Gasteiger partial charge in [-0.1, -0.05) is 23.7 Å². The maximum absolute atomic E-state index is 11.8. The summed E-state index contributed by atoms with van der Waals surface area (Å²) < 4.78 is 2.98. The predicted octanol–water partition coefficient (Wildman–Crippen LogP) is 7.43. The molecule has 0 atom stereocenters. The monoisotopic (exact) mass is 538 g/mol. The highest BCUT2D eigenvalue weighted by Gasteiger charge is 2.20. The molecular formula is C30H23ClN4O2S. The zero-order chi connectivity index (χ0) is 26.6. The Morgan fingerprint density at radius 1 is 1.00 bits per heavy atom. The number of benzene rings is 2. The summed E-state index contributed by atoms with van der Waals surface area (Å²) in [4.78, 5) is 25.9. The number of pyridine rings is 2. The first kappa shape index (κ1) is 24.3. The van der Waals surface area contributed by atoms with Crippen LogP contribution in [0.1, 0.15) is 16.7 Å². The number of hydrogen-bond acceptors (Lipinski definition) is 5. The van der Waals surface area contributed by atoms with E-state index in [1.165, 1.54) is 0 Å². The number of carboxylic acid groups (broad SMARTS) is 1. The fraction of sp³-hybridized carbons (Fsp3) is 0.133. The van der Waals surface area contributed by atoms with Gasteiger partial charge in [-0.2, -0.15) is 0 Å². The summed E-state index contributed by atoms with van der Waals surface area (Å²) in [5.74, 6) is 0.0717. The third kappa shape index (κ3) is 4.23. The van der Waals surface area contributed by atoms with Crippen LogP contribution >= 0.6 is 22.9 Å². The van der Waals surface area contributed by atoms with E-state index in [4.69, 9.17) is 16.6 Å². The van der Waals surface area contributed by atoms with Crippen LogP contribution in [0.3, 0.4) is 0 Å². The Kier molecular flexibility index (Phi) is 5.97. The van der Waals surface area contributed by atoms with Gasteiger partial charge in [0.05, 0.1) is 22.3 Å². The molecule has 2 aliphatic heterocycles. The molecule has 0 radical (unpaired) electrons. The minimum atomic E-state index is -0.869.